The summed E-state index contributed by atoms with van der Waals surface area (Å²) in [6, 6.07) is 15.1. The Morgan fingerprint density at radius 2 is 1.81 bits per heavy atom. The lowest BCUT2D eigenvalue weighted by molar-refractivity contribution is 0.402. The van der Waals surface area contributed by atoms with Crippen LogP contribution in [0.5, 0.6) is 0 Å². The molecule has 2 aromatic carbocycles. The van der Waals surface area contributed by atoms with Gasteiger partial charge >= 0.3 is 0 Å². The monoisotopic (exact) mass is 277 g/mol. The number of alkyl halides is 1. The van der Waals surface area contributed by atoms with Crippen LogP contribution in [0, 0.1) is 0 Å². The molecule has 0 amide bonds. The van der Waals surface area contributed by atoms with Crippen LogP contribution in [0.25, 0.3) is 10.8 Å². The van der Waals surface area contributed by atoms with E-state index in [1.165, 1.54) is 16.3 Å². The van der Waals surface area contributed by atoms with Crippen LogP contribution in [0.2, 0.25) is 0 Å². The Morgan fingerprint density at radius 3 is 2.62 bits per heavy atom. The Balaban J connectivity index is 2.23. The van der Waals surface area contributed by atoms with E-state index in [0.717, 1.165) is 18.4 Å². The zero-order valence-electron chi connectivity index (χ0n) is 9.49. The van der Waals surface area contributed by atoms with E-state index in [4.69, 9.17) is 0 Å². The zero-order valence-corrected chi connectivity index (χ0v) is 11.1. The SMILES string of the molecule is CN(CBr)CCc1cccc2ccccc12. The summed E-state index contributed by atoms with van der Waals surface area (Å²) in [5.74, 6) is 0. The summed E-state index contributed by atoms with van der Waals surface area (Å²) in [5, 5.41) is 2.72. The van der Waals surface area contributed by atoms with Crippen molar-refractivity contribution in [3.05, 3.63) is 48.0 Å². The highest BCUT2D eigenvalue weighted by molar-refractivity contribution is 9.09. The fourth-order valence-corrected chi connectivity index (χ4v) is 2.13. The largest absolute Gasteiger partial charge is 0.296 e. The van der Waals surface area contributed by atoms with Crippen molar-refractivity contribution in [2.24, 2.45) is 0 Å². The van der Waals surface area contributed by atoms with Gasteiger partial charge in [-0.3, -0.25) is 4.90 Å². The quantitative estimate of drug-likeness (QED) is 0.609. The Bertz CT molecular complexity index is 462. The van der Waals surface area contributed by atoms with Gasteiger partial charge < -0.3 is 0 Å². The van der Waals surface area contributed by atoms with E-state index in [0.29, 0.717) is 0 Å². The molecule has 0 N–H and O–H groups in total. The van der Waals surface area contributed by atoms with Crippen LogP contribution in [-0.4, -0.2) is 23.9 Å². The van der Waals surface area contributed by atoms with E-state index in [1.807, 2.05) is 0 Å². The van der Waals surface area contributed by atoms with Crippen molar-refractivity contribution >= 4 is 26.7 Å². The van der Waals surface area contributed by atoms with Crippen LogP contribution in [0.3, 0.4) is 0 Å². The molecule has 0 atom stereocenters. The topological polar surface area (TPSA) is 3.24 Å². The van der Waals surface area contributed by atoms with Gasteiger partial charge in [-0.2, -0.15) is 0 Å². The second kappa shape index (κ2) is 5.46. The highest BCUT2D eigenvalue weighted by Gasteiger charge is 2.01. The van der Waals surface area contributed by atoms with E-state index in [1.54, 1.807) is 0 Å². The number of rotatable bonds is 4. The van der Waals surface area contributed by atoms with Gasteiger partial charge in [-0.1, -0.05) is 58.4 Å². The zero-order chi connectivity index (χ0) is 11.4. The van der Waals surface area contributed by atoms with Gasteiger partial charge in [-0.05, 0) is 29.8 Å². The van der Waals surface area contributed by atoms with E-state index in [2.05, 4.69) is 70.3 Å². The molecule has 84 valence electrons. The minimum absolute atomic E-state index is 0.928. The number of benzene rings is 2. The summed E-state index contributed by atoms with van der Waals surface area (Å²) >= 11 is 3.46. The molecular formula is C14H16BrN. The molecule has 0 aliphatic carbocycles. The maximum absolute atomic E-state index is 3.46. The molecule has 1 nitrogen and oxygen atoms in total. The molecule has 0 radical (unpaired) electrons. The first-order valence-electron chi connectivity index (χ1n) is 5.52. The molecule has 0 aromatic heterocycles. The van der Waals surface area contributed by atoms with Crippen molar-refractivity contribution in [2.45, 2.75) is 6.42 Å². The molecule has 0 saturated heterocycles. The van der Waals surface area contributed by atoms with Gasteiger partial charge in [0, 0.05) is 6.54 Å². The molecule has 2 rings (SSSR count). The second-order valence-corrected chi connectivity index (χ2v) is 4.59. The molecular weight excluding hydrogens is 262 g/mol. The summed E-state index contributed by atoms with van der Waals surface area (Å²) in [7, 11) is 2.12. The maximum Gasteiger partial charge on any atom is 0.0539 e. The number of nitrogens with zero attached hydrogens (tertiary/aromatic N) is 1. The summed E-state index contributed by atoms with van der Waals surface area (Å²) in [6.45, 7) is 1.08. The van der Waals surface area contributed by atoms with Crippen molar-refractivity contribution in [1.82, 2.24) is 4.90 Å². The molecule has 0 bridgehead atoms. The first-order valence-corrected chi connectivity index (χ1v) is 6.64. The number of fused-ring (bicyclic) bond motifs is 1. The van der Waals surface area contributed by atoms with Crippen LogP contribution in [-0.2, 0) is 6.42 Å². The summed E-state index contributed by atoms with van der Waals surface area (Å²) in [4.78, 5) is 2.27. The molecule has 2 aromatic rings. The fourth-order valence-electron chi connectivity index (χ4n) is 1.88. The summed E-state index contributed by atoms with van der Waals surface area (Å²) in [5.41, 5.74) is 2.36. The minimum atomic E-state index is 0.928. The molecule has 0 spiro atoms. The smallest absolute Gasteiger partial charge is 0.0539 e. The van der Waals surface area contributed by atoms with Gasteiger partial charge in [0.15, 0.2) is 0 Å². The lowest BCUT2D eigenvalue weighted by Gasteiger charge is -2.13. The molecule has 2 heteroatoms. The van der Waals surface area contributed by atoms with Crippen molar-refractivity contribution in [1.29, 1.82) is 0 Å². The normalized spacial score (nSPS) is 11.2. The third kappa shape index (κ3) is 2.63. The molecule has 0 aliphatic rings. The van der Waals surface area contributed by atoms with E-state index in [9.17, 15) is 0 Å². The van der Waals surface area contributed by atoms with Gasteiger partial charge in [0.25, 0.3) is 0 Å². The van der Waals surface area contributed by atoms with E-state index in [-0.39, 0.29) is 0 Å². The third-order valence-electron chi connectivity index (χ3n) is 2.85. The van der Waals surface area contributed by atoms with Crippen molar-refractivity contribution in [3.63, 3.8) is 0 Å². The van der Waals surface area contributed by atoms with Crippen molar-refractivity contribution in [2.75, 3.05) is 19.0 Å². The molecule has 0 aliphatic heterocycles. The van der Waals surface area contributed by atoms with Crippen molar-refractivity contribution in [3.8, 4) is 0 Å². The second-order valence-electron chi connectivity index (χ2n) is 4.09. The van der Waals surface area contributed by atoms with Crippen LogP contribution in [0.15, 0.2) is 42.5 Å². The first-order chi connectivity index (χ1) is 7.81. The number of halogens is 1. The van der Waals surface area contributed by atoms with Crippen molar-refractivity contribution < 1.29 is 0 Å². The van der Waals surface area contributed by atoms with Gasteiger partial charge in [0.1, 0.15) is 0 Å². The molecule has 0 fully saturated rings. The summed E-state index contributed by atoms with van der Waals surface area (Å²) < 4.78 is 0. The van der Waals surface area contributed by atoms with Crippen LogP contribution >= 0.6 is 15.9 Å². The number of likely N-dealkylation sites (N-methyl/N-ethyl adjacent to an activating group) is 1. The minimum Gasteiger partial charge on any atom is -0.296 e. The van der Waals surface area contributed by atoms with E-state index >= 15 is 0 Å². The predicted molar refractivity (Wildman–Crippen MR) is 74.1 cm³/mol. The average molecular weight is 278 g/mol. The van der Waals surface area contributed by atoms with Gasteiger partial charge in [0.2, 0.25) is 0 Å². The molecule has 16 heavy (non-hydrogen) atoms. The third-order valence-corrected chi connectivity index (χ3v) is 3.70. The summed E-state index contributed by atoms with van der Waals surface area (Å²) in [6.07, 6.45) is 1.10. The van der Waals surface area contributed by atoms with Gasteiger partial charge in [-0.25, -0.2) is 0 Å². The Labute approximate surface area is 105 Å². The highest BCUT2D eigenvalue weighted by atomic mass is 79.9. The number of hydrogen-bond donors (Lipinski definition) is 0. The average Bonchev–Trinajstić information content (AvgIpc) is 2.35. The first kappa shape index (κ1) is 11.6. The lowest BCUT2D eigenvalue weighted by atomic mass is 10.0. The van der Waals surface area contributed by atoms with Crippen LogP contribution in [0.1, 0.15) is 5.56 Å². The molecule has 0 unspecified atom stereocenters. The Morgan fingerprint density at radius 1 is 1.06 bits per heavy atom. The number of hydrogen-bond acceptors (Lipinski definition) is 1. The standard InChI is InChI=1S/C14H16BrN/c1-16(11-15)10-9-13-7-4-6-12-5-2-3-8-14(12)13/h2-8H,9-11H2,1H3. The van der Waals surface area contributed by atoms with E-state index < -0.39 is 0 Å². The van der Waals surface area contributed by atoms with Gasteiger partial charge in [0.05, 0.1) is 5.45 Å². The van der Waals surface area contributed by atoms with Crippen LogP contribution in [0.4, 0.5) is 0 Å². The lowest BCUT2D eigenvalue weighted by Crippen LogP contribution is -2.19. The van der Waals surface area contributed by atoms with Gasteiger partial charge in [-0.15, -0.1) is 0 Å². The highest BCUT2D eigenvalue weighted by Crippen LogP contribution is 2.18. The fraction of sp³-hybridized carbons (Fsp3) is 0.286. The molecule has 0 heterocycles. The molecule has 0 saturated carbocycles. The predicted octanol–water partition coefficient (Wildman–Crippen LogP) is 3.67. The Hall–Kier alpha value is -0.860. The maximum atomic E-state index is 3.46. The Kier molecular flexibility index (Phi) is 3.97. The van der Waals surface area contributed by atoms with Crippen LogP contribution < -0.4 is 0 Å².